The Morgan fingerprint density at radius 2 is 2.14 bits per heavy atom. The molecule has 3 N–H and O–H groups in total. The normalized spacial score (nSPS) is 14.2. The molecule has 1 aromatic carbocycles. The average molecular weight is 285 g/mol. The van der Waals surface area contributed by atoms with E-state index in [1.165, 1.54) is 24.0 Å². The van der Waals surface area contributed by atoms with Crippen molar-refractivity contribution in [1.82, 2.24) is 10.6 Å². The Kier molecular flexibility index (Phi) is 5.51. The van der Waals surface area contributed by atoms with Gasteiger partial charge in [0.05, 0.1) is 13.1 Å². The van der Waals surface area contributed by atoms with E-state index >= 15 is 0 Å². The average Bonchev–Trinajstić information content (AvgIpc) is 2.51. The monoisotopic (exact) mass is 285 g/mol. The highest BCUT2D eigenvalue weighted by Gasteiger charge is 2.16. The molecular formula is C17H23N3O. The van der Waals surface area contributed by atoms with Crippen LogP contribution in [-0.4, -0.2) is 24.2 Å². The molecule has 0 saturated heterocycles. The lowest BCUT2D eigenvalue weighted by Gasteiger charge is -2.20. The van der Waals surface area contributed by atoms with E-state index in [1.807, 2.05) is 13.0 Å². The van der Waals surface area contributed by atoms with Crippen LogP contribution < -0.4 is 10.6 Å². The number of aromatic hydroxyl groups is 1. The van der Waals surface area contributed by atoms with Crippen molar-refractivity contribution >= 4 is 5.96 Å². The Balaban J connectivity index is 2.19. The number of hydrogen-bond acceptors (Lipinski definition) is 2. The topological polar surface area (TPSA) is 56.7 Å². The molecule has 0 bridgehead atoms. The fraction of sp³-hybridized carbons (Fsp3) is 0.471. The van der Waals surface area contributed by atoms with E-state index in [0.29, 0.717) is 24.8 Å². The molecule has 0 radical (unpaired) electrons. The lowest BCUT2D eigenvalue weighted by atomic mass is 9.88. The zero-order valence-electron chi connectivity index (χ0n) is 12.6. The maximum absolute atomic E-state index is 10.1. The van der Waals surface area contributed by atoms with Crippen LogP contribution >= 0.6 is 0 Å². The second-order valence-electron chi connectivity index (χ2n) is 5.16. The third kappa shape index (κ3) is 3.91. The molecule has 0 fully saturated rings. The van der Waals surface area contributed by atoms with E-state index in [9.17, 15) is 5.11 Å². The van der Waals surface area contributed by atoms with Gasteiger partial charge in [-0.05, 0) is 49.8 Å². The van der Waals surface area contributed by atoms with Crippen molar-refractivity contribution in [3.8, 4) is 18.1 Å². The van der Waals surface area contributed by atoms with Crippen molar-refractivity contribution in [2.24, 2.45) is 4.99 Å². The minimum atomic E-state index is 0.340. The number of guanidine groups is 1. The molecule has 112 valence electrons. The smallest absolute Gasteiger partial charge is 0.192 e. The molecule has 0 spiro atoms. The summed E-state index contributed by atoms with van der Waals surface area (Å²) in [6.45, 7) is 3.68. The molecule has 0 unspecified atom stereocenters. The highest BCUT2D eigenvalue weighted by Crippen LogP contribution is 2.30. The summed E-state index contributed by atoms with van der Waals surface area (Å²) in [7, 11) is 0. The summed E-state index contributed by atoms with van der Waals surface area (Å²) in [5, 5.41) is 16.4. The van der Waals surface area contributed by atoms with Gasteiger partial charge in [-0.25, -0.2) is 4.99 Å². The highest BCUT2D eigenvalue weighted by molar-refractivity contribution is 5.80. The second-order valence-corrected chi connectivity index (χ2v) is 5.16. The summed E-state index contributed by atoms with van der Waals surface area (Å²) in [4.78, 5) is 4.53. The first-order valence-corrected chi connectivity index (χ1v) is 7.54. The number of phenolic OH excluding ortho intramolecular Hbond substituents is 1. The van der Waals surface area contributed by atoms with E-state index in [1.54, 1.807) is 6.07 Å². The van der Waals surface area contributed by atoms with Crippen LogP contribution in [0.25, 0.3) is 0 Å². The first-order valence-electron chi connectivity index (χ1n) is 7.54. The largest absolute Gasteiger partial charge is 0.508 e. The van der Waals surface area contributed by atoms with E-state index < -0.39 is 0 Å². The van der Waals surface area contributed by atoms with E-state index in [4.69, 9.17) is 6.42 Å². The molecule has 0 aromatic heterocycles. The summed E-state index contributed by atoms with van der Waals surface area (Å²) in [6, 6.07) is 3.83. The van der Waals surface area contributed by atoms with Gasteiger partial charge in [0.15, 0.2) is 5.96 Å². The van der Waals surface area contributed by atoms with Gasteiger partial charge in [-0.3, -0.25) is 0 Å². The van der Waals surface area contributed by atoms with E-state index in [-0.39, 0.29) is 0 Å². The number of phenols is 1. The number of aliphatic imine (C=N–C) groups is 1. The summed E-state index contributed by atoms with van der Waals surface area (Å²) in [5.74, 6) is 3.56. The highest BCUT2D eigenvalue weighted by atomic mass is 16.3. The molecular weight excluding hydrogens is 262 g/mol. The molecule has 0 atom stereocenters. The summed E-state index contributed by atoms with van der Waals surface area (Å²) >= 11 is 0. The molecule has 0 heterocycles. The van der Waals surface area contributed by atoms with Crippen LogP contribution in [-0.2, 0) is 19.4 Å². The lowest BCUT2D eigenvalue weighted by Crippen LogP contribution is -2.37. The molecule has 2 rings (SSSR count). The standard InChI is InChI=1S/C17H23N3O/c1-3-11-19-17(18-4-2)20-12-15-14-8-6-5-7-13(14)9-10-16(15)21/h1,9-10,21H,4-8,11-12H2,2H3,(H2,18,19,20). The van der Waals surface area contributed by atoms with Crippen LogP contribution in [0.1, 0.15) is 36.5 Å². The molecule has 4 nitrogen and oxygen atoms in total. The number of hydrogen-bond donors (Lipinski definition) is 3. The molecule has 1 aliphatic carbocycles. The van der Waals surface area contributed by atoms with Gasteiger partial charge in [0.1, 0.15) is 5.75 Å². The fourth-order valence-electron chi connectivity index (χ4n) is 2.70. The number of benzene rings is 1. The van der Waals surface area contributed by atoms with Gasteiger partial charge in [-0.1, -0.05) is 12.0 Å². The number of nitrogens with zero attached hydrogens (tertiary/aromatic N) is 1. The Labute approximate surface area is 126 Å². The Morgan fingerprint density at radius 1 is 1.33 bits per heavy atom. The summed E-state index contributed by atoms with van der Waals surface area (Å²) in [5.41, 5.74) is 3.58. The lowest BCUT2D eigenvalue weighted by molar-refractivity contribution is 0.465. The maximum Gasteiger partial charge on any atom is 0.192 e. The number of aryl methyl sites for hydroxylation is 1. The van der Waals surface area contributed by atoms with Crippen LogP contribution in [0.15, 0.2) is 17.1 Å². The number of rotatable bonds is 4. The van der Waals surface area contributed by atoms with Crippen LogP contribution in [0.5, 0.6) is 5.75 Å². The van der Waals surface area contributed by atoms with Crippen molar-refractivity contribution in [3.05, 3.63) is 28.8 Å². The van der Waals surface area contributed by atoms with Gasteiger partial charge in [0.25, 0.3) is 0 Å². The van der Waals surface area contributed by atoms with Crippen molar-refractivity contribution in [2.75, 3.05) is 13.1 Å². The van der Waals surface area contributed by atoms with Crippen molar-refractivity contribution < 1.29 is 5.11 Å². The minimum absolute atomic E-state index is 0.340. The summed E-state index contributed by atoms with van der Waals surface area (Å²) in [6.07, 6.45) is 9.80. The predicted molar refractivity (Wildman–Crippen MR) is 86.4 cm³/mol. The summed E-state index contributed by atoms with van der Waals surface area (Å²) < 4.78 is 0. The Bertz CT molecular complexity index is 558. The number of terminal acetylenes is 1. The van der Waals surface area contributed by atoms with Crippen molar-refractivity contribution in [3.63, 3.8) is 0 Å². The van der Waals surface area contributed by atoms with Gasteiger partial charge < -0.3 is 15.7 Å². The first kappa shape index (κ1) is 15.2. The SMILES string of the molecule is C#CCNC(=NCc1c(O)ccc2c1CCCC2)NCC. The van der Waals surface area contributed by atoms with Gasteiger partial charge >= 0.3 is 0 Å². The van der Waals surface area contributed by atoms with E-state index in [0.717, 1.165) is 24.9 Å². The van der Waals surface area contributed by atoms with Crippen LogP contribution in [0, 0.1) is 12.3 Å². The maximum atomic E-state index is 10.1. The van der Waals surface area contributed by atoms with Crippen LogP contribution in [0.2, 0.25) is 0 Å². The molecule has 0 amide bonds. The fourth-order valence-corrected chi connectivity index (χ4v) is 2.70. The first-order chi connectivity index (χ1) is 10.3. The predicted octanol–water partition coefficient (Wildman–Crippen LogP) is 1.96. The van der Waals surface area contributed by atoms with Gasteiger partial charge in [0.2, 0.25) is 0 Å². The third-order valence-electron chi connectivity index (χ3n) is 3.72. The Hall–Kier alpha value is -2.15. The van der Waals surface area contributed by atoms with Gasteiger partial charge in [-0.15, -0.1) is 6.42 Å². The van der Waals surface area contributed by atoms with Crippen molar-refractivity contribution in [1.29, 1.82) is 0 Å². The molecule has 4 heteroatoms. The zero-order chi connectivity index (χ0) is 15.1. The second kappa shape index (κ2) is 7.58. The van der Waals surface area contributed by atoms with Gasteiger partial charge in [0, 0.05) is 12.1 Å². The van der Waals surface area contributed by atoms with E-state index in [2.05, 4.69) is 21.5 Å². The van der Waals surface area contributed by atoms with Gasteiger partial charge in [-0.2, -0.15) is 0 Å². The quantitative estimate of drug-likeness (QED) is 0.450. The van der Waals surface area contributed by atoms with Crippen LogP contribution in [0.3, 0.4) is 0 Å². The molecule has 1 aromatic rings. The third-order valence-corrected chi connectivity index (χ3v) is 3.72. The number of nitrogens with one attached hydrogen (secondary N) is 2. The molecule has 1 aliphatic rings. The molecule has 21 heavy (non-hydrogen) atoms. The van der Waals surface area contributed by atoms with Crippen molar-refractivity contribution in [2.45, 2.75) is 39.2 Å². The zero-order valence-corrected chi connectivity index (χ0v) is 12.6. The minimum Gasteiger partial charge on any atom is -0.508 e. The molecule has 0 aliphatic heterocycles. The molecule has 0 saturated carbocycles. The van der Waals surface area contributed by atoms with Crippen LogP contribution in [0.4, 0.5) is 0 Å². The Morgan fingerprint density at radius 3 is 2.90 bits per heavy atom. The number of fused-ring (bicyclic) bond motifs is 1.